The molecule has 5 nitrogen and oxygen atoms in total. The molecule has 0 radical (unpaired) electrons. The first-order chi connectivity index (χ1) is 13.7. The van der Waals surface area contributed by atoms with Crippen molar-refractivity contribution in [2.75, 3.05) is 10.2 Å². The summed E-state index contributed by atoms with van der Waals surface area (Å²) in [7, 11) is 0. The number of nitrogens with one attached hydrogen (secondary N) is 1. The van der Waals surface area contributed by atoms with Crippen LogP contribution in [0.1, 0.15) is 41.4 Å². The third kappa shape index (κ3) is 2.83. The lowest BCUT2D eigenvalue weighted by Gasteiger charge is -2.26. The Balaban J connectivity index is 1.64. The van der Waals surface area contributed by atoms with Crippen LogP contribution in [0.25, 0.3) is 0 Å². The van der Waals surface area contributed by atoms with E-state index in [1.165, 1.54) is 5.56 Å². The topological polar surface area (TPSA) is 58.1 Å². The van der Waals surface area contributed by atoms with Gasteiger partial charge in [0, 0.05) is 23.8 Å². The van der Waals surface area contributed by atoms with Gasteiger partial charge in [-0.05, 0) is 49.9 Å². The molecule has 1 unspecified atom stereocenters. The van der Waals surface area contributed by atoms with Crippen LogP contribution in [0, 0.1) is 0 Å². The molecule has 5 rings (SSSR count). The number of benzene rings is 2. The molecule has 1 N–H and O–H groups in total. The van der Waals surface area contributed by atoms with Gasteiger partial charge in [-0.15, -0.1) is 0 Å². The fourth-order valence-electron chi connectivity index (χ4n) is 4.24. The van der Waals surface area contributed by atoms with Crippen molar-refractivity contribution in [3.8, 4) is 0 Å². The third-order valence-corrected chi connectivity index (χ3v) is 5.53. The zero-order chi connectivity index (χ0) is 19.1. The summed E-state index contributed by atoms with van der Waals surface area (Å²) in [6, 6.07) is 18.6. The molecule has 2 aliphatic rings. The van der Waals surface area contributed by atoms with E-state index in [1.807, 2.05) is 30.3 Å². The second-order valence-electron chi connectivity index (χ2n) is 7.51. The van der Waals surface area contributed by atoms with Gasteiger partial charge in [0.2, 0.25) is 5.95 Å². The van der Waals surface area contributed by atoms with Crippen LogP contribution < -0.4 is 10.2 Å². The van der Waals surface area contributed by atoms with E-state index in [0.717, 1.165) is 36.3 Å². The third-order valence-electron chi connectivity index (χ3n) is 5.53. The van der Waals surface area contributed by atoms with Crippen molar-refractivity contribution in [2.24, 2.45) is 0 Å². The van der Waals surface area contributed by atoms with E-state index in [1.54, 1.807) is 0 Å². The molecule has 1 aliphatic heterocycles. The fourth-order valence-corrected chi connectivity index (χ4v) is 4.24. The molecule has 28 heavy (non-hydrogen) atoms. The van der Waals surface area contributed by atoms with Gasteiger partial charge in [0.05, 0.1) is 11.3 Å². The molecule has 2 heterocycles. The lowest BCUT2D eigenvalue weighted by molar-refractivity contribution is 0.0972. The van der Waals surface area contributed by atoms with Gasteiger partial charge in [0.15, 0.2) is 5.78 Å². The summed E-state index contributed by atoms with van der Waals surface area (Å²) in [5.74, 6) is 1.41. The molecule has 0 fully saturated rings. The smallest absolute Gasteiger partial charge is 0.232 e. The summed E-state index contributed by atoms with van der Waals surface area (Å²) < 4.78 is 0. The molecule has 0 saturated heterocycles. The number of ketones is 1. The number of nitrogens with zero attached hydrogens (tertiary/aromatic N) is 3. The normalized spacial score (nSPS) is 18.0. The quantitative estimate of drug-likeness (QED) is 0.716. The Morgan fingerprint density at radius 1 is 1.00 bits per heavy atom. The second kappa shape index (κ2) is 6.75. The Kier molecular flexibility index (Phi) is 4.08. The first-order valence-corrected chi connectivity index (χ1v) is 9.84. The number of rotatable bonds is 3. The Hall–Kier alpha value is -3.21. The van der Waals surface area contributed by atoms with Crippen LogP contribution in [0.15, 0.2) is 54.6 Å². The number of hydrogen-bond acceptors (Lipinski definition) is 5. The van der Waals surface area contributed by atoms with Crippen molar-refractivity contribution in [2.45, 2.75) is 38.6 Å². The van der Waals surface area contributed by atoms with E-state index in [-0.39, 0.29) is 11.8 Å². The van der Waals surface area contributed by atoms with E-state index >= 15 is 0 Å². The largest absolute Gasteiger partial charge is 0.339 e. The van der Waals surface area contributed by atoms with Crippen molar-refractivity contribution in [3.05, 3.63) is 71.4 Å². The van der Waals surface area contributed by atoms with Crippen LogP contribution in [-0.4, -0.2) is 21.8 Å². The monoisotopic (exact) mass is 370 g/mol. The van der Waals surface area contributed by atoms with Gasteiger partial charge in [-0.25, -0.2) is 4.98 Å². The number of carbonyl (C=O) groups excluding carboxylic acids is 1. The maximum atomic E-state index is 12.7. The molecule has 0 saturated carbocycles. The highest BCUT2D eigenvalue weighted by Crippen LogP contribution is 2.38. The van der Waals surface area contributed by atoms with Gasteiger partial charge in [0.1, 0.15) is 5.82 Å². The maximum absolute atomic E-state index is 12.7. The molecule has 1 atom stereocenters. The summed E-state index contributed by atoms with van der Waals surface area (Å²) in [6.07, 6.45) is 3.18. The lowest BCUT2D eigenvalue weighted by atomic mass is 9.95. The molecular formula is C23H22N4O. The van der Waals surface area contributed by atoms with Crippen molar-refractivity contribution >= 4 is 28.9 Å². The summed E-state index contributed by atoms with van der Waals surface area (Å²) in [5.41, 5.74) is 4.89. The Labute approximate surface area is 164 Å². The van der Waals surface area contributed by atoms with Crippen LogP contribution in [0.3, 0.4) is 0 Å². The van der Waals surface area contributed by atoms with E-state index < -0.39 is 0 Å². The minimum absolute atomic E-state index is 0.126. The molecule has 0 spiro atoms. The molecule has 0 bridgehead atoms. The van der Waals surface area contributed by atoms with Gasteiger partial charge in [-0.1, -0.05) is 36.4 Å². The van der Waals surface area contributed by atoms with Gasteiger partial charge in [-0.2, -0.15) is 4.98 Å². The fraction of sp³-hybridized carbons (Fsp3) is 0.261. The molecule has 3 aromatic rings. The SMILES string of the molecule is CC1Cc2ccccc2N1c1nc2c(c(Nc3ccccc3)n1)C(=O)CCC2. The summed E-state index contributed by atoms with van der Waals surface area (Å²) in [6.45, 7) is 2.19. The second-order valence-corrected chi connectivity index (χ2v) is 7.51. The highest BCUT2D eigenvalue weighted by Gasteiger charge is 2.32. The van der Waals surface area contributed by atoms with Gasteiger partial charge in [-0.3, -0.25) is 4.79 Å². The van der Waals surface area contributed by atoms with Crippen molar-refractivity contribution in [3.63, 3.8) is 0 Å². The molecular weight excluding hydrogens is 348 g/mol. The minimum Gasteiger partial charge on any atom is -0.339 e. The maximum Gasteiger partial charge on any atom is 0.232 e. The average molecular weight is 370 g/mol. The number of para-hydroxylation sites is 2. The van der Waals surface area contributed by atoms with Crippen molar-refractivity contribution < 1.29 is 4.79 Å². The average Bonchev–Trinajstić information content (AvgIpc) is 3.04. The predicted octanol–water partition coefficient (Wildman–Crippen LogP) is 4.82. The number of carbonyl (C=O) groups is 1. The zero-order valence-corrected chi connectivity index (χ0v) is 15.9. The van der Waals surface area contributed by atoms with Crippen LogP contribution in [0.5, 0.6) is 0 Å². The summed E-state index contributed by atoms with van der Waals surface area (Å²) in [5, 5.41) is 3.37. The Bertz CT molecular complexity index is 1050. The van der Waals surface area contributed by atoms with Crippen LogP contribution in [0.4, 0.5) is 23.1 Å². The van der Waals surface area contributed by atoms with Gasteiger partial charge >= 0.3 is 0 Å². The van der Waals surface area contributed by atoms with Crippen molar-refractivity contribution in [1.29, 1.82) is 0 Å². The Morgan fingerprint density at radius 3 is 2.64 bits per heavy atom. The first-order valence-electron chi connectivity index (χ1n) is 9.84. The van der Waals surface area contributed by atoms with E-state index in [0.29, 0.717) is 23.8 Å². The highest BCUT2D eigenvalue weighted by atomic mass is 16.1. The molecule has 0 amide bonds. The zero-order valence-electron chi connectivity index (χ0n) is 15.9. The molecule has 140 valence electrons. The van der Waals surface area contributed by atoms with Gasteiger partial charge < -0.3 is 10.2 Å². The first kappa shape index (κ1) is 16.9. The number of Topliss-reactive ketones (excluding diaryl/α,β-unsaturated/α-hetero) is 1. The molecule has 1 aromatic heterocycles. The predicted molar refractivity (Wildman–Crippen MR) is 111 cm³/mol. The lowest BCUT2D eigenvalue weighted by Crippen LogP contribution is -2.28. The minimum atomic E-state index is 0.126. The highest BCUT2D eigenvalue weighted by molar-refractivity contribution is 6.03. The number of aryl methyl sites for hydroxylation is 1. The Morgan fingerprint density at radius 2 is 1.79 bits per heavy atom. The summed E-state index contributed by atoms with van der Waals surface area (Å²) >= 11 is 0. The van der Waals surface area contributed by atoms with Crippen molar-refractivity contribution in [1.82, 2.24) is 9.97 Å². The summed E-state index contributed by atoms with van der Waals surface area (Å²) in [4.78, 5) is 24.6. The molecule has 1 aliphatic carbocycles. The standard InChI is InChI=1S/C23H22N4O/c1-15-14-16-8-5-6-12-19(16)27(15)23-25-18-11-7-13-20(28)21(18)22(26-23)24-17-9-3-2-4-10-17/h2-6,8-10,12,15H,7,11,13-14H2,1H3,(H,24,25,26). The van der Waals surface area contributed by atoms with Crippen LogP contribution >= 0.6 is 0 Å². The number of anilines is 4. The molecule has 5 heteroatoms. The number of hydrogen-bond donors (Lipinski definition) is 1. The van der Waals surface area contributed by atoms with E-state index in [9.17, 15) is 4.79 Å². The van der Waals surface area contributed by atoms with Crippen LogP contribution in [-0.2, 0) is 12.8 Å². The molecule has 2 aromatic carbocycles. The van der Waals surface area contributed by atoms with E-state index in [4.69, 9.17) is 9.97 Å². The number of aromatic nitrogens is 2. The van der Waals surface area contributed by atoms with Gasteiger partial charge in [0.25, 0.3) is 0 Å². The van der Waals surface area contributed by atoms with Crippen LogP contribution in [0.2, 0.25) is 0 Å². The van der Waals surface area contributed by atoms with E-state index in [2.05, 4.69) is 41.4 Å². The number of fused-ring (bicyclic) bond motifs is 2.